The van der Waals surface area contributed by atoms with Crippen LogP contribution in [0.3, 0.4) is 0 Å². The summed E-state index contributed by atoms with van der Waals surface area (Å²) in [5.74, 6) is -4.03. The van der Waals surface area contributed by atoms with E-state index in [2.05, 4.69) is 22.1 Å². The van der Waals surface area contributed by atoms with Crippen LogP contribution in [0.2, 0.25) is 0 Å². The lowest BCUT2D eigenvalue weighted by atomic mass is 10.1. The molecule has 0 bridgehead atoms. The van der Waals surface area contributed by atoms with Gasteiger partial charge in [0.25, 0.3) is 11.8 Å². The highest BCUT2D eigenvalue weighted by Gasteiger charge is 2.36. The molecule has 0 radical (unpaired) electrons. The van der Waals surface area contributed by atoms with Gasteiger partial charge in [-0.2, -0.15) is 0 Å². The molecule has 150 valence electrons. The summed E-state index contributed by atoms with van der Waals surface area (Å²) in [5, 5.41) is 4.81. The number of carbonyl (C=O) groups excluding carboxylic acids is 5. The first-order valence-corrected chi connectivity index (χ1v) is 8.18. The van der Waals surface area contributed by atoms with E-state index in [-0.39, 0.29) is 30.9 Å². The number of hydrogen-bond acceptors (Lipinski definition) is 7. The summed E-state index contributed by atoms with van der Waals surface area (Å²) in [6.45, 7) is 2.18. The van der Waals surface area contributed by atoms with Crippen molar-refractivity contribution in [2.75, 3.05) is 27.3 Å². The number of carbonyl (C=O) groups is 5. The van der Waals surface area contributed by atoms with Crippen LogP contribution in [0.15, 0.2) is 12.7 Å². The number of nitrogens with zero attached hydrogens (tertiary/aromatic N) is 2. The first-order chi connectivity index (χ1) is 12.7. The zero-order valence-electron chi connectivity index (χ0n) is 15.2. The minimum atomic E-state index is -1.74. The van der Waals surface area contributed by atoms with Gasteiger partial charge in [0.05, 0.1) is 6.54 Å². The monoisotopic (exact) mass is 386 g/mol. The highest BCUT2D eigenvalue weighted by atomic mass is 19.1. The standard InChI is InChI=1S/C16H23FN4O6/c1-4-5-10(18-12(22)9-20(2)3)15(25)19-11(8-17)16(26)27-21-13(23)6-7-14(21)24/h4,10-11H,1,5-9H2,2-3H3,(H,18,22)(H,19,25). The fraction of sp³-hybridized carbons (Fsp3) is 0.562. The molecule has 2 N–H and O–H groups in total. The van der Waals surface area contributed by atoms with Crippen LogP contribution in [-0.2, 0) is 28.8 Å². The van der Waals surface area contributed by atoms with E-state index >= 15 is 0 Å². The lowest BCUT2D eigenvalue weighted by Crippen LogP contribution is -2.54. The highest BCUT2D eigenvalue weighted by molar-refractivity contribution is 6.02. The van der Waals surface area contributed by atoms with Crippen molar-refractivity contribution < 1.29 is 33.2 Å². The second kappa shape index (κ2) is 10.4. The summed E-state index contributed by atoms with van der Waals surface area (Å²) in [6, 6.07) is -2.82. The number of rotatable bonds is 10. The van der Waals surface area contributed by atoms with Gasteiger partial charge < -0.3 is 20.4 Å². The van der Waals surface area contributed by atoms with Gasteiger partial charge in [-0.3, -0.25) is 19.2 Å². The molecular formula is C16H23FN4O6. The summed E-state index contributed by atoms with van der Waals surface area (Å²) >= 11 is 0. The van der Waals surface area contributed by atoms with E-state index in [1.54, 1.807) is 19.0 Å². The Morgan fingerprint density at radius 3 is 2.30 bits per heavy atom. The van der Waals surface area contributed by atoms with Gasteiger partial charge in [0.1, 0.15) is 12.7 Å². The average molecular weight is 386 g/mol. The fourth-order valence-electron chi connectivity index (χ4n) is 2.17. The van der Waals surface area contributed by atoms with Crippen molar-refractivity contribution in [3.63, 3.8) is 0 Å². The fourth-order valence-corrected chi connectivity index (χ4v) is 2.17. The van der Waals surface area contributed by atoms with Gasteiger partial charge in [0, 0.05) is 12.8 Å². The summed E-state index contributed by atoms with van der Waals surface area (Å²) in [7, 11) is 3.33. The third-order valence-electron chi connectivity index (χ3n) is 3.46. The molecule has 0 saturated carbocycles. The number of likely N-dealkylation sites (N-methyl/N-ethyl adjacent to an activating group) is 1. The van der Waals surface area contributed by atoms with Crippen LogP contribution in [0.1, 0.15) is 19.3 Å². The first kappa shape index (κ1) is 22.2. The van der Waals surface area contributed by atoms with Gasteiger partial charge in [0.15, 0.2) is 6.04 Å². The lowest BCUT2D eigenvalue weighted by Gasteiger charge is -2.22. The van der Waals surface area contributed by atoms with Crippen LogP contribution in [-0.4, -0.2) is 79.0 Å². The topological polar surface area (TPSA) is 125 Å². The van der Waals surface area contributed by atoms with E-state index in [0.717, 1.165) is 0 Å². The van der Waals surface area contributed by atoms with Gasteiger partial charge in [-0.05, 0) is 20.5 Å². The number of imide groups is 1. The molecule has 2 atom stereocenters. The van der Waals surface area contributed by atoms with Gasteiger partial charge in [-0.25, -0.2) is 9.18 Å². The summed E-state index contributed by atoms with van der Waals surface area (Å²) in [6.07, 6.45) is 1.20. The molecular weight excluding hydrogens is 363 g/mol. The maximum absolute atomic E-state index is 13.2. The Morgan fingerprint density at radius 1 is 1.22 bits per heavy atom. The van der Waals surface area contributed by atoms with Crippen molar-refractivity contribution in [3.8, 4) is 0 Å². The molecule has 10 nitrogen and oxygen atoms in total. The van der Waals surface area contributed by atoms with Crippen LogP contribution in [0.25, 0.3) is 0 Å². The molecule has 1 rings (SSSR count). The van der Waals surface area contributed by atoms with E-state index in [0.29, 0.717) is 0 Å². The second-order valence-electron chi connectivity index (χ2n) is 6.09. The lowest BCUT2D eigenvalue weighted by molar-refractivity contribution is -0.199. The largest absolute Gasteiger partial charge is 0.357 e. The zero-order chi connectivity index (χ0) is 20.6. The summed E-state index contributed by atoms with van der Waals surface area (Å²) in [4.78, 5) is 65.1. The Hall–Kier alpha value is -2.82. The van der Waals surface area contributed by atoms with Crippen LogP contribution >= 0.6 is 0 Å². The Balaban J connectivity index is 2.71. The molecule has 1 heterocycles. The number of alkyl halides is 1. The van der Waals surface area contributed by atoms with E-state index in [9.17, 15) is 28.4 Å². The van der Waals surface area contributed by atoms with Gasteiger partial charge in [-0.1, -0.05) is 6.08 Å². The maximum atomic E-state index is 13.2. The predicted molar refractivity (Wildman–Crippen MR) is 90.4 cm³/mol. The van der Waals surface area contributed by atoms with Crippen molar-refractivity contribution >= 4 is 29.6 Å². The van der Waals surface area contributed by atoms with Crippen molar-refractivity contribution in [1.82, 2.24) is 20.6 Å². The molecule has 1 fully saturated rings. The smallest absolute Gasteiger partial charge is 0.343 e. The summed E-state index contributed by atoms with van der Waals surface area (Å²) in [5.41, 5.74) is 0. The molecule has 4 amide bonds. The normalized spacial score (nSPS) is 16.1. The Kier molecular flexibility index (Phi) is 8.52. The number of halogens is 1. The molecule has 2 unspecified atom stereocenters. The van der Waals surface area contributed by atoms with Crippen LogP contribution < -0.4 is 10.6 Å². The summed E-state index contributed by atoms with van der Waals surface area (Å²) < 4.78 is 13.2. The number of hydroxylamine groups is 2. The Morgan fingerprint density at radius 2 is 1.81 bits per heavy atom. The third-order valence-corrected chi connectivity index (χ3v) is 3.46. The molecule has 0 aromatic carbocycles. The molecule has 11 heteroatoms. The minimum Gasteiger partial charge on any atom is -0.343 e. The van der Waals surface area contributed by atoms with Crippen LogP contribution in [0, 0.1) is 0 Å². The SMILES string of the molecule is C=CCC(NC(=O)CN(C)C)C(=O)NC(CF)C(=O)ON1C(=O)CCC1=O. The molecule has 0 aromatic heterocycles. The first-order valence-electron chi connectivity index (χ1n) is 8.18. The Labute approximate surface area is 155 Å². The second-order valence-corrected chi connectivity index (χ2v) is 6.09. The molecule has 1 aliphatic rings. The van der Waals surface area contributed by atoms with E-state index in [1.807, 2.05) is 0 Å². The minimum absolute atomic E-state index is 0.0225. The molecule has 0 aromatic rings. The highest BCUT2D eigenvalue weighted by Crippen LogP contribution is 2.12. The Bertz CT molecular complexity index is 608. The number of nitrogens with one attached hydrogen (secondary N) is 2. The number of hydrogen-bond donors (Lipinski definition) is 2. The van der Waals surface area contributed by atoms with Gasteiger partial charge in [0.2, 0.25) is 11.8 Å². The quantitative estimate of drug-likeness (QED) is 0.352. The van der Waals surface area contributed by atoms with Crippen molar-refractivity contribution in [1.29, 1.82) is 0 Å². The number of amides is 4. The maximum Gasteiger partial charge on any atom is 0.357 e. The molecule has 1 saturated heterocycles. The van der Waals surface area contributed by atoms with Crippen molar-refractivity contribution in [2.45, 2.75) is 31.3 Å². The van der Waals surface area contributed by atoms with Crippen molar-refractivity contribution in [3.05, 3.63) is 12.7 Å². The van der Waals surface area contributed by atoms with E-state index in [1.165, 1.54) is 6.08 Å². The molecule has 0 spiro atoms. The molecule has 0 aliphatic carbocycles. The third kappa shape index (κ3) is 6.77. The van der Waals surface area contributed by atoms with Crippen LogP contribution in [0.4, 0.5) is 4.39 Å². The molecule has 1 aliphatic heterocycles. The van der Waals surface area contributed by atoms with Gasteiger partial charge >= 0.3 is 5.97 Å². The molecule has 27 heavy (non-hydrogen) atoms. The average Bonchev–Trinajstić information content (AvgIpc) is 2.90. The van der Waals surface area contributed by atoms with Crippen molar-refractivity contribution in [2.24, 2.45) is 0 Å². The van der Waals surface area contributed by atoms with Crippen LogP contribution in [0.5, 0.6) is 0 Å². The predicted octanol–water partition coefficient (Wildman–Crippen LogP) is -1.33. The van der Waals surface area contributed by atoms with E-state index in [4.69, 9.17) is 0 Å². The zero-order valence-corrected chi connectivity index (χ0v) is 15.2. The van der Waals surface area contributed by atoms with E-state index < -0.39 is 48.4 Å². The van der Waals surface area contributed by atoms with Gasteiger partial charge in [-0.15, -0.1) is 11.6 Å².